The second-order valence-corrected chi connectivity index (χ2v) is 7.10. The Labute approximate surface area is 156 Å². The van der Waals surface area contributed by atoms with Gasteiger partial charge in [0.25, 0.3) is 0 Å². The molecule has 138 valence electrons. The summed E-state index contributed by atoms with van der Waals surface area (Å²) in [5.74, 6) is -0.285. The van der Waals surface area contributed by atoms with E-state index in [0.29, 0.717) is 6.54 Å². The van der Waals surface area contributed by atoms with Gasteiger partial charge in [-0.3, -0.25) is 9.59 Å². The fourth-order valence-corrected chi connectivity index (χ4v) is 2.88. The lowest BCUT2D eigenvalue weighted by atomic mass is 10.0. The first-order valence-corrected chi connectivity index (χ1v) is 9.04. The Kier molecular flexibility index (Phi) is 6.96. The van der Waals surface area contributed by atoms with Gasteiger partial charge in [0, 0.05) is 6.54 Å². The molecule has 0 saturated carbocycles. The van der Waals surface area contributed by atoms with Crippen molar-refractivity contribution in [2.24, 2.45) is 5.92 Å². The Hall–Kier alpha value is -2.62. The van der Waals surface area contributed by atoms with Gasteiger partial charge in [-0.1, -0.05) is 67.9 Å². The van der Waals surface area contributed by atoms with E-state index in [0.717, 1.165) is 16.7 Å². The Balaban J connectivity index is 1.95. The summed E-state index contributed by atoms with van der Waals surface area (Å²) in [4.78, 5) is 24.9. The molecule has 26 heavy (non-hydrogen) atoms. The third kappa shape index (κ3) is 5.73. The summed E-state index contributed by atoms with van der Waals surface area (Å²) in [5, 5.41) is 5.83. The van der Waals surface area contributed by atoms with Crippen LogP contribution in [0.15, 0.2) is 48.5 Å². The van der Waals surface area contributed by atoms with Gasteiger partial charge in [0.2, 0.25) is 11.8 Å². The minimum Gasteiger partial charge on any atom is -0.350 e. The molecule has 0 aromatic heterocycles. The number of rotatable bonds is 7. The molecule has 0 heterocycles. The largest absolute Gasteiger partial charge is 0.350 e. The van der Waals surface area contributed by atoms with Crippen molar-refractivity contribution >= 4 is 11.8 Å². The van der Waals surface area contributed by atoms with Crippen LogP contribution in [-0.4, -0.2) is 17.9 Å². The van der Waals surface area contributed by atoms with Crippen molar-refractivity contribution in [3.63, 3.8) is 0 Å². The molecule has 0 fully saturated rings. The van der Waals surface area contributed by atoms with E-state index in [1.807, 2.05) is 70.2 Å². The zero-order chi connectivity index (χ0) is 19.1. The Morgan fingerprint density at radius 2 is 1.69 bits per heavy atom. The zero-order valence-electron chi connectivity index (χ0n) is 16.0. The van der Waals surface area contributed by atoms with Crippen molar-refractivity contribution in [2.45, 2.75) is 46.7 Å². The van der Waals surface area contributed by atoms with Crippen LogP contribution in [-0.2, 0) is 22.6 Å². The minimum atomic E-state index is -0.544. The van der Waals surface area contributed by atoms with Crippen LogP contribution < -0.4 is 10.6 Å². The highest BCUT2D eigenvalue weighted by atomic mass is 16.2. The molecular weight excluding hydrogens is 324 g/mol. The third-order valence-corrected chi connectivity index (χ3v) is 4.42. The third-order valence-electron chi connectivity index (χ3n) is 4.42. The summed E-state index contributed by atoms with van der Waals surface area (Å²) in [6.07, 6.45) is 0.272. The average molecular weight is 352 g/mol. The van der Waals surface area contributed by atoms with Gasteiger partial charge in [-0.15, -0.1) is 0 Å². The molecule has 0 spiro atoms. The first-order valence-electron chi connectivity index (χ1n) is 9.04. The Bertz CT molecular complexity index is 754. The lowest BCUT2D eigenvalue weighted by molar-refractivity contribution is -0.129. The quantitative estimate of drug-likeness (QED) is 0.803. The molecule has 2 amide bonds. The van der Waals surface area contributed by atoms with Crippen LogP contribution in [0.5, 0.6) is 0 Å². The van der Waals surface area contributed by atoms with Crippen molar-refractivity contribution in [3.8, 4) is 0 Å². The highest BCUT2D eigenvalue weighted by Crippen LogP contribution is 2.11. The molecule has 0 aliphatic heterocycles. The van der Waals surface area contributed by atoms with Gasteiger partial charge in [-0.05, 0) is 36.5 Å². The van der Waals surface area contributed by atoms with E-state index >= 15 is 0 Å². The van der Waals surface area contributed by atoms with Crippen LogP contribution in [0.1, 0.15) is 36.1 Å². The Morgan fingerprint density at radius 1 is 1.00 bits per heavy atom. The topological polar surface area (TPSA) is 58.2 Å². The molecule has 2 N–H and O–H groups in total. The molecule has 0 aliphatic rings. The maximum absolute atomic E-state index is 12.6. The van der Waals surface area contributed by atoms with E-state index in [9.17, 15) is 9.59 Å². The second kappa shape index (κ2) is 9.18. The Morgan fingerprint density at radius 3 is 2.31 bits per heavy atom. The molecule has 0 aliphatic carbocycles. The number of amides is 2. The molecule has 0 bridgehead atoms. The van der Waals surface area contributed by atoms with Gasteiger partial charge in [-0.25, -0.2) is 0 Å². The van der Waals surface area contributed by atoms with E-state index in [1.54, 1.807) is 0 Å². The molecule has 0 saturated heterocycles. The fourth-order valence-electron chi connectivity index (χ4n) is 2.88. The number of nitrogens with one attached hydrogen (secondary N) is 2. The second-order valence-electron chi connectivity index (χ2n) is 7.10. The van der Waals surface area contributed by atoms with Crippen LogP contribution in [0, 0.1) is 19.8 Å². The average Bonchev–Trinajstić information content (AvgIpc) is 2.59. The normalized spacial score (nSPS) is 11.9. The van der Waals surface area contributed by atoms with Gasteiger partial charge in [-0.2, -0.15) is 0 Å². The van der Waals surface area contributed by atoms with E-state index in [2.05, 4.69) is 16.7 Å². The predicted octanol–water partition coefficient (Wildman–Crippen LogP) is 3.30. The van der Waals surface area contributed by atoms with Gasteiger partial charge in [0.05, 0.1) is 6.42 Å². The van der Waals surface area contributed by atoms with Crippen LogP contribution in [0.2, 0.25) is 0 Å². The zero-order valence-corrected chi connectivity index (χ0v) is 16.0. The summed E-state index contributed by atoms with van der Waals surface area (Å²) in [5.41, 5.74) is 4.37. The van der Waals surface area contributed by atoms with Crippen LogP contribution in [0.3, 0.4) is 0 Å². The standard InChI is InChI=1S/C22H28N2O2/c1-15(2)21(24-20(25)13-18-8-6-5-7-9-18)22(26)23-14-19-11-10-16(3)12-17(19)4/h5-12,15,21H,13-14H2,1-4H3,(H,23,26)(H,24,25). The number of benzene rings is 2. The monoisotopic (exact) mass is 352 g/mol. The van der Waals surface area contributed by atoms with Crippen molar-refractivity contribution in [3.05, 3.63) is 70.8 Å². The number of aryl methyl sites for hydroxylation is 2. The molecule has 2 aromatic carbocycles. The number of carbonyl (C=O) groups is 2. The van der Waals surface area contributed by atoms with E-state index in [1.165, 1.54) is 5.56 Å². The first kappa shape index (κ1) is 19.7. The molecule has 1 atom stereocenters. The van der Waals surface area contributed by atoms with Crippen LogP contribution >= 0.6 is 0 Å². The van der Waals surface area contributed by atoms with Crippen molar-refractivity contribution in [2.75, 3.05) is 0 Å². The van der Waals surface area contributed by atoms with Gasteiger partial charge in [0.1, 0.15) is 6.04 Å². The van der Waals surface area contributed by atoms with Crippen molar-refractivity contribution in [1.29, 1.82) is 0 Å². The summed E-state index contributed by atoms with van der Waals surface area (Å²) in [6.45, 7) is 8.42. The van der Waals surface area contributed by atoms with Crippen molar-refractivity contribution in [1.82, 2.24) is 10.6 Å². The number of hydrogen-bond donors (Lipinski definition) is 2. The highest BCUT2D eigenvalue weighted by Gasteiger charge is 2.24. The molecule has 1 unspecified atom stereocenters. The molecule has 0 radical (unpaired) electrons. The SMILES string of the molecule is Cc1ccc(CNC(=O)C(NC(=O)Cc2ccccc2)C(C)C)c(C)c1. The minimum absolute atomic E-state index is 0.00818. The lowest BCUT2D eigenvalue weighted by Gasteiger charge is -2.22. The molecule has 4 nitrogen and oxygen atoms in total. The van der Waals surface area contributed by atoms with Gasteiger partial charge < -0.3 is 10.6 Å². The molecular formula is C22H28N2O2. The summed E-state index contributed by atoms with van der Waals surface area (Å²) >= 11 is 0. The van der Waals surface area contributed by atoms with E-state index < -0.39 is 6.04 Å². The molecule has 4 heteroatoms. The maximum Gasteiger partial charge on any atom is 0.243 e. The fraction of sp³-hybridized carbons (Fsp3) is 0.364. The summed E-state index contributed by atoms with van der Waals surface area (Å²) in [7, 11) is 0. The lowest BCUT2D eigenvalue weighted by Crippen LogP contribution is -2.49. The number of carbonyl (C=O) groups excluding carboxylic acids is 2. The molecule has 2 rings (SSSR count). The molecule has 2 aromatic rings. The summed E-state index contributed by atoms with van der Waals surface area (Å²) in [6, 6.07) is 15.2. The van der Waals surface area contributed by atoms with Crippen molar-refractivity contribution < 1.29 is 9.59 Å². The maximum atomic E-state index is 12.6. The van der Waals surface area contributed by atoms with E-state index in [4.69, 9.17) is 0 Å². The number of hydrogen-bond acceptors (Lipinski definition) is 2. The predicted molar refractivity (Wildman–Crippen MR) is 105 cm³/mol. The summed E-state index contributed by atoms with van der Waals surface area (Å²) < 4.78 is 0. The van der Waals surface area contributed by atoms with Gasteiger partial charge >= 0.3 is 0 Å². The van der Waals surface area contributed by atoms with E-state index in [-0.39, 0.29) is 24.2 Å². The van der Waals surface area contributed by atoms with Gasteiger partial charge in [0.15, 0.2) is 0 Å². The first-order chi connectivity index (χ1) is 12.4. The van der Waals surface area contributed by atoms with Crippen LogP contribution in [0.4, 0.5) is 0 Å². The highest BCUT2D eigenvalue weighted by molar-refractivity contribution is 5.88. The smallest absolute Gasteiger partial charge is 0.243 e. The van der Waals surface area contributed by atoms with Crippen LogP contribution in [0.25, 0.3) is 0 Å².